The largest absolute Gasteiger partial charge is 0.481 e. The second-order valence-electron chi connectivity index (χ2n) is 9.09. The Balaban J connectivity index is 1.53. The number of nitrogens with one attached hydrogen (secondary N) is 1. The first-order chi connectivity index (χ1) is 15.2. The predicted octanol–water partition coefficient (Wildman–Crippen LogP) is 6.03. The molecule has 2 saturated carbocycles. The molecule has 0 spiro atoms. The van der Waals surface area contributed by atoms with Crippen molar-refractivity contribution < 1.29 is 27.9 Å². The molecule has 2 aromatic carbocycles. The van der Waals surface area contributed by atoms with Crippen LogP contribution in [0.2, 0.25) is 0 Å². The maximum absolute atomic E-state index is 13.3. The first kappa shape index (κ1) is 22.4. The topological polar surface area (TPSA) is 66.4 Å². The standard InChI is InChI=1S/C25H26F3NO3/c26-25(27,28)19-10-8-18(9-11-19)21(17-5-1-2-6-17)22(30)29-20-7-3-4-16(14-20)15-24(12-13-24)23(31)32/h3-4,7-11,14,17,21H,1-2,5-6,12-13,15H2,(H,29,30)(H,31,32)/t21-/m0/s1. The lowest BCUT2D eigenvalue weighted by molar-refractivity contribution is -0.143. The van der Waals surface area contributed by atoms with Crippen LogP contribution in [0.15, 0.2) is 48.5 Å². The van der Waals surface area contributed by atoms with E-state index in [-0.39, 0.29) is 11.8 Å². The summed E-state index contributed by atoms with van der Waals surface area (Å²) in [6.07, 6.45) is 1.02. The van der Waals surface area contributed by atoms with Gasteiger partial charge in [-0.3, -0.25) is 9.59 Å². The van der Waals surface area contributed by atoms with Crippen LogP contribution in [0.3, 0.4) is 0 Å². The molecule has 2 fully saturated rings. The minimum absolute atomic E-state index is 0.0802. The van der Waals surface area contributed by atoms with Gasteiger partial charge in [0.05, 0.1) is 16.9 Å². The predicted molar refractivity (Wildman–Crippen MR) is 114 cm³/mol. The number of carbonyl (C=O) groups is 2. The number of hydrogen-bond acceptors (Lipinski definition) is 2. The molecular weight excluding hydrogens is 419 g/mol. The Morgan fingerprint density at radius 3 is 2.28 bits per heavy atom. The minimum Gasteiger partial charge on any atom is -0.481 e. The Labute approximate surface area is 184 Å². The fraction of sp³-hybridized carbons (Fsp3) is 0.440. The first-order valence-electron chi connectivity index (χ1n) is 11.0. The van der Waals surface area contributed by atoms with E-state index in [1.807, 2.05) is 6.07 Å². The lowest BCUT2D eigenvalue weighted by Crippen LogP contribution is -2.26. The zero-order valence-electron chi connectivity index (χ0n) is 17.6. The molecule has 32 heavy (non-hydrogen) atoms. The van der Waals surface area contributed by atoms with Crippen LogP contribution in [0.4, 0.5) is 18.9 Å². The van der Waals surface area contributed by atoms with Crippen LogP contribution in [-0.2, 0) is 22.2 Å². The molecule has 7 heteroatoms. The molecule has 1 amide bonds. The van der Waals surface area contributed by atoms with Gasteiger partial charge in [-0.25, -0.2) is 0 Å². The molecule has 4 rings (SSSR count). The molecule has 170 valence electrons. The highest BCUT2D eigenvalue weighted by Crippen LogP contribution is 2.48. The fourth-order valence-electron chi connectivity index (χ4n) is 4.79. The molecule has 0 aliphatic heterocycles. The quantitative estimate of drug-likeness (QED) is 0.547. The maximum Gasteiger partial charge on any atom is 0.416 e. The number of hydrogen-bond donors (Lipinski definition) is 2. The Morgan fingerprint density at radius 1 is 1.06 bits per heavy atom. The van der Waals surface area contributed by atoms with Crippen molar-refractivity contribution in [3.63, 3.8) is 0 Å². The Kier molecular flexibility index (Phi) is 6.01. The monoisotopic (exact) mass is 445 g/mol. The molecule has 2 aliphatic carbocycles. The van der Waals surface area contributed by atoms with Crippen LogP contribution in [0.1, 0.15) is 61.1 Å². The van der Waals surface area contributed by atoms with Crippen LogP contribution in [0, 0.1) is 11.3 Å². The molecule has 0 bridgehead atoms. The van der Waals surface area contributed by atoms with E-state index >= 15 is 0 Å². The van der Waals surface area contributed by atoms with Gasteiger partial charge in [0, 0.05) is 5.69 Å². The third-order valence-electron chi connectivity index (χ3n) is 6.80. The van der Waals surface area contributed by atoms with Gasteiger partial charge in [-0.2, -0.15) is 13.2 Å². The highest BCUT2D eigenvalue weighted by molar-refractivity contribution is 5.96. The number of carbonyl (C=O) groups excluding carboxylic acids is 1. The molecule has 0 heterocycles. The van der Waals surface area contributed by atoms with Crippen molar-refractivity contribution in [2.75, 3.05) is 5.32 Å². The number of rotatable bonds is 7. The van der Waals surface area contributed by atoms with E-state index in [1.165, 1.54) is 12.1 Å². The molecule has 0 aromatic heterocycles. The van der Waals surface area contributed by atoms with Gasteiger partial charge < -0.3 is 10.4 Å². The number of benzene rings is 2. The first-order valence-corrected chi connectivity index (χ1v) is 11.0. The van der Waals surface area contributed by atoms with Gasteiger partial charge in [0.15, 0.2) is 0 Å². The van der Waals surface area contributed by atoms with Crippen LogP contribution < -0.4 is 5.32 Å². The summed E-state index contributed by atoms with van der Waals surface area (Å²) in [5.74, 6) is -1.49. The number of anilines is 1. The van der Waals surface area contributed by atoms with Crippen LogP contribution in [-0.4, -0.2) is 17.0 Å². The van der Waals surface area contributed by atoms with Crippen molar-refractivity contribution >= 4 is 17.6 Å². The molecule has 2 aliphatic rings. The normalized spacial score (nSPS) is 18.8. The van der Waals surface area contributed by atoms with Gasteiger partial charge in [-0.15, -0.1) is 0 Å². The highest BCUT2D eigenvalue weighted by atomic mass is 19.4. The SMILES string of the molecule is O=C(Nc1cccc(CC2(C(=O)O)CC2)c1)[C@H](c1ccc(C(F)(F)F)cc1)C1CCCC1. The Hall–Kier alpha value is -2.83. The second-order valence-corrected chi connectivity index (χ2v) is 9.09. The van der Waals surface area contributed by atoms with E-state index in [2.05, 4.69) is 5.32 Å². The summed E-state index contributed by atoms with van der Waals surface area (Å²) in [6.45, 7) is 0. The highest BCUT2D eigenvalue weighted by Gasteiger charge is 2.50. The molecule has 2 aromatic rings. The molecule has 0 saturated heterocycles. The third kappa shape index (κ3) is 4.81. The summed E-state index contributed by atoms with van der Waals surface area (Å²) >= 11 is 0. The summed E-state index contributed by atoms with van der Waals surface area (Å²) in [7, 11) is 0. The number of halogens is 3. The van der Waals surface area contributed by atoms with Crippen molar-refractivity contribution in [1.82, 2.24) is 0 Å². The average Bonchev–Trinajstić information content (AvgIpc) is 3.33. The summed E-state index contributed by atoms with van der Waals surface area (Å²) < 4.78 is 38.9. The van der Waals surface area contributed by atoms with Crippen LogP contribution >= 0.6 is 0 Å². The zero-order chi connectivity index (χ0) is 22.9. The molecule has 4 nitrogen and oxygen atoms in total. The lowest BCUT2D eigenvalue weighted by Gasteiger charge is -2.24. The molecule has 2 N–H and O–H groups in total. The molecular formula is C25H26F3NO3. The van der Waals surface area contributed by atoms with Crippen molar-refractivity contribution in [3.8, 4) is 0 Å². The lowest BCUT2D eigenvalue weighted by atomic mass is 9.83. The van der Waals surface area contributed by atoms with Crippen molar-refractivity contribution in [3.05, 3.63) is 65.2 Å². The smallest absolute Gasteiger partial charge is 0.416 e. The van der Waals surface area contributed by atoms with Crippen molar-refractivity contribution in [2.24, 2.45) is 11.3 Å². The minimum atomic E-state index is -4.42. The number of carboxylic acid groups (broad SMARTS) is 1. The van der Waals surface area contributed by atoms with Gasteiger partial charge in [0.1, 0.15) is 0 Å². The molecule has 1 atom stereocenters. The summed E-state index contributed by atoms with van der Waals surface area (Å²) in [5, 5.41) is 12.4. The Morgan fingerprint density at radius 2 is 1.72 bits per heavy atom. The molecule has 0 unspecified atom stereocenters. The number of aliphatic carboxylic acids is 1. The van der Waals surface area contributed by atoms with Crippen LogP contribution in [0.25, 0.3) is 0 Å². The van der Waals surface area contributed by atoms with E-state index in [4.69, 9.17) is 0 Å². The summed E-state index contributed by atoms with van der Waals surface area (Å²) in [5.41, 5.74) is 0.571. The van der Waals surface area contributed by atoms with E-state index in [0.717, 1.165) is 43.4 Å². The van der Waals surface area contributed by atoms with E-state index < -0.39 is 29.0 Å². The van der Waals surface area contributed by atoms with Gasteiger partial charge >= 0.3 is 12.1 Å². The maximum atomic E-state index is 13.3. The van der Waals surface area contributed by atoms with Crippen molar-refractivity contribution in [1.29, 1.82) is 0 Å². The Bertz CT molecular complexity index is 990. The zero-order valence-corrected chi connectivity index (χ0v) is 17.6. The number of amides is 1. The average molecular weight is 445 g/mol. The van der Waals surface area contributed by atoms with E-state index in [1.54, 1.807) is 18.2 Å². The molecule has 0 radical (unpaired) electrons. The third-order valence-corrected chi connectivity index (χ3v) is 6.80. The number of carboxylic acids is 1. The van der Waals surface area contributed by atoms with Gasteiger partial charge in [0.25, 0.3) is 0 Å². The van der Waals surface area contributed by atoms with Crippen molar-refractivity contribution in [2.45, 2.75) is 57.0 Å². The van der Waals surface area contributed by atoms with Gasteiger partial charge in [-0.1, -0.05) is 37.1 Å². The summed E-state index contributed by atoms with van der Waals surface area (Å²) in [4.78, 5) is 24.8. The number of alkyl halides is 3. The van der Waals surface area contributed by atoms with Gasteiger partial charge in [0.2, 0.25) is 5.91 Å². The fourth-order valence-corrected chi connectivity index (χ4v) is 4.79. The van der Waals surface area contributed by atoms with E-state index in [9.17, 15) is 27.9 Å². The van der Waals surface area contributed by atoms with E-state index in [0.29, 0.717) is 30.5 Å². The van der Waals surface area contributed by atoms with Gasteiger partial charge in [-0.05, 0) is 73.4 Å². The summed E-state index contributed by atoms with van der Waals surface area (Å²) in [6, 6.07) is 12.1. The van der Waals surface area contributed by atoms with Crippen LogP contribution in [0.5, 0.6) is 0 Å². The second kappa shape index (κ2) is 8.60.